The molecule has 2 aromatic carbocycles. The van der Waals surface area contributed by atoms with Gasteiger partial charge in [-0.2, -0.15) is 79.0 Å². The highest BCUT2D eigenvalue weighted by Crippen LogP contribution is 2.55. The first-order valence-electron chi connectivity index (χ1n) is 18.4. The highest BCUT2D eigenvalue weighted by molar-refractivity contribution is 7.91. The SMILES string of the molecule is O=S(=O)(CCC(F)(F)C(F)(F)C(F)(F)C(F)(F)F)c1ccc(OCCCCCCCCCCCCOc2ccc(S(=O)(=O)CCC(F)(F)C(F)(F)C(F)(F)C(F)(F)F)cc2)cc1. The van der Waals surface area contributed by atoms with Crippen LogP contribution >= 0.6 is 0 Å². The van der Waals surface area contributed by atoms with Crippen molar-refractivity contribution in [3.05, 3.63) is 48.5 Å². The maximum Gasteiger partial charge on any atom is 0.460 e. The minimum atomic E-state index is -7.13. The van der Waals surface area contributed by atoms with Crippen LogP contribution in [0.3, 0.4) is 0 Å². The fraction of sp³-hybridized carbons (Fsp3) is 0.667. The quantitative estimate of drug-likeness (QED) is 0.0655. The molecule has 2 aromatic rings. The van der Waals surface area contributed by atoms with Crippen LogP contribution in [0.4, 0.5) is 79.0 Å². The van der Waals surface area contributed by atoms with Gasteiger partial charge in [-0.15, -0.1) is 0 Å². The first-order chi connectivity index (χ1) is 28.1. The van der Waals surface area contributed by atoms with Crippen LogP contribution in [-0.2, 0) is 19.7 Å². The van der Waals surface area contributed by atoms with Gasteiger partial charge in [-0.1, -0.05) is 51.4 Å². The van der Waals surface area contributed by atoms with Crippen LogP contribution in [0, 0.1) is 0 Å². The molecule has 0 unspecified atom stereocenters. The highest BCUT2D eigenvalue weighted by atomic mass is 32.2. The second-order valence-electron chi connectivity index (χ2n) is 14.0. The van der Waals surface area contributed by atoms with E-state index in [1.54, 1.807) is 0 Å². The first kappa shape index (κ1) is 54.8. The zero-order chi connectivity index (χ0) is 47.7. The molecule has 0 atom stereocenters. The minimum Gasteiger partial charge on any atom is -0.494 e. The van der Waals surface area contributed by atoms with E-state index in [1.165, 1.54) is 0 Å². The number of rotatable bonds is 27. The van der Waals surface area contributed by atoms with Crippen LogP contribution in [-0.4, -0.2) is 89.4 Å². The van der Waals surface area contributed by atoms with Gasteiger partial charge < -0.3 is 9.47 Å². The minimum absolute atomic E-state index is 0.145. The van der Waals surface area contributed by atoms with Gasteiger partial charge >= 0.3 is 47.9 Å². The van der Waals surface area contributed by atoms with Crippen LogP contribution in [0.5, 0.6) is 11.5 Å². The monoisotopic (exact) mass is 974 g/mol. The Morgan fingerprint density at radius 1 is 0.355 bits per heavy atom. The van der Waals surface area contributed by atoms with Crippen molar-refractivity contribution >= 4 is 19.7 Å². The summed E-state index contributed by atoms with van der Waals surface area (Å²) in [5.74, 6) is -43.6. The van der Waals surface area contributed by atoms with Crippen LogP contribution < -0.4 is 9.47 Å². The van der Waals surface area contributed by atoms with Crippen LogP contribution in [0.25, 0.3) is 0 Å². The second kappa shape index (κ2) is 20.7. The normalized spacial score (nSPS) is 14.3. The topological polar surface area (TPSA) is 86.7 Å². The predicted octanol–water partition coefficient (Wildman–Crippen LogP) is 12.3. The third kappa shape index (κ3) is 13.6. The summed E-state index contributed by atoms with van der Waals surface area (Å²) < 4.78 is 295. The van der Waals surface area contributed by atoms with Gasteiger partial charge in [0.1, 0.15) is 11.5 Å². The molecule has 0 fully saturated rings. The van der Waals surface area contributed by atoms with Crippen LogP contribution in [0.1, 0.15) is 77.0 Å². The van der Waals surface area contributed by atoms with Gasteiger partial charge in [-0.05, 0) is 61.4 Å². The number of ether oxygens (including phenoxy) is 2. The Labute approximate surface area is 344 Å². The molecule has 0 saturated heterocycles. The van der Waals surface area contributed by atoms with Crippen molar-refractivity contribution in [1.82, 2.24) is 0 Å². The van der Waals surface area contributed by atoms with E-state index < -0.39 is 102 Å². The molecule has 0 aromatic heterocycles. The Bertz CT molecular complexity index is 1780. The predicted molar refractivity (Wildman–Crippen MR) is 185 cm³/mol. The van der Waals surface area contributed by atoms with E-state index in [1.807, 2.05) is 0 Å². The molecule has 0 heterocycles. The summed E-state index contributed by atoms with van der Waals surface area (Å²) in [5, 5.41) is 0. The van der Waals surface area contributed by atoms with Crippen molar-refractivity contribution in [1.29, 1.82) is 0 Å². The molecule has 6 nitrogen and oxygen atoms in total. The molecule has 358 valence electrons. The Morgan fingerprint density at radius 2 is 0.597 bits per heavy atom. The van der Waals surface area contributed by atoms with E-state index in [9.17, 15) is 95.9 Å². The van der Waals surface area contributed by atoms with Crippen molar-refractivity contribution in [2.75, 3.05) is 24.7 Å². The van der Waals surface area contributed by atoms with E-state index in [4.69, 9.17) is 9.47 Å². The summed E-state index contributed by atoms with van der Waals surface area (Å²) in [7, 11) is -9.61. The number of alkyl halides is 18. The van der Waals surface area contributed by atoms with Crippen molar-refractivity contribution in [2.45, 2.75) is 135 Å². The van der Waals surface area contributed by atoms with E-state index in [0.29, 0.717) is 12.8 Å². The fourth-order valence-corrected chi connectivity index (χ4v) is 8.00. The number of unbranched alkanes of at least 4 members (excludes halogenated alkanes) is 9. The molecule has 62 heavy (non-hydrogen) atoms. The van der Waals surface area contributed by atoms with Crippen molar-refractivity contribution in [3.8, 4) is 11.5 Å². The van der Waals surface area contributed by atoms with Gasteiger partial charge in [0.15, 0.2) is 19.7 Å². The lowest BCUT2D eigenvalue weighted by atomic mass is 10.0. The Hall–Kier alpha value is -3.32. The van der Waals surface area contributed by atoms with Crippen LogP contribution in [0.2, 0.25) is 0 Å². The second-order valence-corrected chi connectivity index (χ2v) is 18.2. The maximum absolute atomic E-state index is 13.8. The average molecular weight is 975 g/mol. The lowest BCUT2D eigenvalue weighted by Gasteiger charge is -2.33. The van der Waals surface area contributed by atoms with Crippen LogP contribution in [0.15, 0.2) is 58.3 Å². The molecule has 0 bridgehead atoms. The molecular formula is C36H40F18O6S2. The average Bonchev–Trinajstić information content (AvgIpc) is 3.15. The zero-order valence-electron chi connectivity index (χ0n) is 32.0. The first-order valence-corrected chi connectivity index (χ1v) is 21.7. The van der Waals surface area contributed by atoms with Crippen molar-refractivity contribution in [3.63, 3.8) is 0 Å². The van der Waals surface area contributed by atoms with Gasteiger partial charge in [-0.3, -0.25) is 0 Å². The van der Waals surface area contributed by atoms with Gasteiger partial charge in [-0.25, -0.2) is 16.8 Å². The molecule has 0 aliphatic heterocycles. The fourth-order valence-electron chi connectivity index (χ4n) is 5.37. The van der Waals surface area contributed by atoms with E-state index in [2.05, 4.69) is 0 Å². The van der Waals surface area contributed by atoms with Gasteiger partial charge in [0.25, 0.3) is 0 Å². The lowest BCUT2D eigenvalue weighted by Crippen LogP contribution is -2.61. The molecule has 26 heteroatoms. The highest BCUT2D eigenvalue weighted by Gasteiger charge is 2.82. The molecule has 0 aliphatic carbocycles. The molecule has 0 N–H and O–H groups in total. The maximum atomic E-state index is 13.8. The number of halogens is 18. The molecule has 0 radical (unpaired) electrons. The number of sulfone groups is 2. The Kier molecular flexibility index (Phi) is 18.3. The largest absolute Gasteiger partial charge is 0.494 e. The number of hydrogen-bond donors (Lipinski definition) is 0. The van der Waals surface area contributed by atoms with Gasteiger partial charge in [0.05, 0.1) is 34.5 Å². The molecule has 0 amide bonds. The molecule has 2 rings (SSSR count). The number of hydrogen-bond acceptors (Lipinski definition) is 6. The zero-order valence-corrected chi connectivity index (χ0v) is 33.6. The smallest absolute Gasteiger partial charge is 0.460 e. The number of benzene rings is 2. The Morgan fingerprint density at radius 3 is 0.839 bits per heavy atom. The molecular weight excluding hydrogens is 934 g/mol. The van der Waals surface area contributed by atoms with Crippen molar-refractivity contribution < 1.29 is 105 Å². The third-order valence-electron chi connectivity index (χ3n) is 9.23. The summed E-state index contributed by atoms with van der Waals surface area (Å²) in [6.45, 7) is 0.389. The van der Waals surface area contributed by atoms with E-state index in [0.717, 1.165) is 99.9 Å². The van der Waals surface area contributed by atoms with Gasteiger partial charge in [0, 0.05) is 12.8 Å². The standard InChI is InChI=1S/C36H40F18O6S2/c37-29(38,31(41,42)33(45,46)35(49,50)51)19-23-61(55,56)27-15-11-25(12-16-27)59-21-9-7-5-3-1-2-4-6-8-10-22-60-26-13-17-28(18-14-26)62(57,58)24-20-30(39,40)32(43,44)34(47,48)36(52,53)54/h11-18H,1-10,19-24H2. The van der Waals surface area contributed by atoms with Gasteiger partial charge in [0.2, 0.25) is 0 Å². The summed E-state index contributed by atoms with van der Waals surface area (Å²) >= 11 is 0. The summed E-state index contributed by atoms with van der Waals surface area (Å²) in [5.41, 5.74) is 0. The third-order valence-corrected chi connectivity index (χ3v) is 12.7. The van der Waals surface area contributed by atoms with E-state index >= 15 is 0 Å². The molecule has 0 saturated carbocycles. The molecule has 0 aliphatic rings. The van der Waals surface area contributed by atoms with E-state index in [-0.39, 0.29) is 24.7 Å². The molecule has 0 spiro atoms. The Balaban J connectivity index is 1.60. The summed E-state index contributed by atoms with van der Waals surface area (Å²) in [6, 6.07) is 7.91. The summed E-state index contributed by atoms with van der Waals surface area (Å²) in [6.07, 6.45) is -11.1. The summed E-state index contributed by atoms with van der Waals surface area (Å²) in [4.78, 5) is -1.38. The van der Waals surface area contributed by atoms with Crippen molar-refractivity contribution in [2.24, 2.45) is 0 Å². The lowest BCUT2D eigenvalue weighted by molar-refractivity contribution is -0.396.